The number of aliphatic hydroxyl groups excluding tert-OH is 1. The van der Waals surface area contributed by atoms with E-state index in [1.54, 1.807) is 0 Å². The third-order valence-electron chi connectivity index (χ3n) is 9.33. The summed E-state index contributed by atoms with van der Waals surface area (Å²) in [5.74, 6) is 0.0519. The van der Waals surface area contributed by atoms with Crippen LogP contribution >= 0.6 is 0 Å². The molecule has 1 amide bonds. The standard InChI is InChI=1S/C28H43N3O2/c1-26(2)17-27(3,4)25(26)29-24(33)20-5-7-21(8-6-20)31-18-28(19-31)13-9-22(10-14-28)30-15-11-23(32)12-16-30/h5-8,22-23,25,32H,9-19H2,1-4H3,(H,29,33). The summed E-state index contributed by atoms with van der Waals surface area (Å²) in [4.78, 5) is 18.0. The largest absolute Gasteiger partial charge is 0.393 e. The molecule has 5 nitrogen and oxygen atoms in total. The molecule has 0 aromatic heterocycles. The Morgan fingerprint density at radius 3 is 2.06 bits per heavy atom. The van der Waals surface area contributed by atoms with E-state index in [4.69, 9.17) is 0 Å². The van der Waals surface area contributed by atoms with E-state index in [0.717, 1.165) is 57.0 Å². The molecule has 2 heterocycles. The Kier molecular flexibility index (Phi) is 5.80. The monoisotopic (exact) mass is 453 g/mol. The van der Waals surface area contributed by atoms with Crippen molar-refractivity contribution >= 4 is 11.6 Å². The highest BCUT2D eigenvalue weighted by Crippen LogP contribution is 2.53. The summed E-state index contributed by atoms with van der Waals surface area (Å²) in [6, 6.07) is 9.19. The molecule has 2 saturated carbocycles. The molecule has 2 aliphatic heterocycles. The van der Waals surface area contributed by atoms with Crippen molar-refractivity contribution in [3.63, 3.8) is 0 Å². The van der Waals surface area contributed by atoms with Gasteiger partial charge in [0.15, 0.2) is 0 Å². The van der Waals surface area contributed by atoms with Gasteiger partial charge in [-0.2, -0.15) is 0 Å². The number of hydrogen-bond acceptors (Lipinski definition) is 4. The minimum Gasteiger partial charge on any atom is -0.393 e. The van der Waals surface area contributed by atoms with Gasteiger partial charge in [0.1, 0.15) is 0 Å². The Hall–Kier alpha value is -1.59. The molecule has 1 spiro atoms. The van der Waals surface area contributed by atoms with Gasteiger partial charge < -0.3 is 20.2 Å². The van der Waals surface area contributed by atoms with E-state index in [2.05, 4.69) is 54.9 Å². The molecule has 0 radical (unpaired) electrons. The van der Waals surface area contributed by atoms with Crippen molar-refractivity contribution in [2.45, 2.75) is 90.8 Å². The third kappa shape index (κ3) is 4.43. The van der Waals surface area contributed by atoms with Crippen molar-refractivity contribution in [1.82, 2.24) is 10.2 Å². The van der Waals surface area contributed by atoms with Gasteiger partial charge in [0.05, 0.1) is 6.10 Å². The van der Waals surface area contributed by atoms with Crippen LogP contribution in [-0.2, 0) is 0 Å². The van der Waals surface area contributed by atoms with Crippen molar-refractivity contribution < 1.29 is 9.90 Å². The van der Waals surface area contributed by atoms with Crippen LogP contribution in [0.15, 0.2) is 24.3 Å². The molecule has 33 heavy (non-hydrogen) atoms. The summed E-state index contributed by atoms with van der Waals surface area (Å²) in [6.07, 6.45) is 8.20. The fourth-order valence-electron chi connectivity index (χ4n) is 7.83. The van der Waals surface area contributed by atoms with E-state index in [0.29, 0.717) is 5.41 Å². The van der Waals surface area contributed by atoms with E-state index >= 15 is 0 Å². The number of anilines is 1. The molecule has 2 saturated heterocycles. The molecule has 5 rings (SSSR count). The highest BCUT2D eigenvalue weighted by atomic mass is 16.3. The van der Waals surface area contributed by atoms with Gasteiger partial charge in [-0.05, 0) is 80.0 Å². The Balaban J connectivity index is 1.11. The van der Waals surface area contributed by atoms with Crippen LogP contribution in [0.2, 0.25) is 0 Å². The van der Waals surface area contributed by atoms with Crippen molar-refractivity contribution in [2.75, 3.05) is 31.1 Å². The van der Waals surface area contributed by atoms with Gasteiger partial charge in [-0.15, -0.1) is 0 Å². The second-order valence-corrected chi connectivity index (χ2v) is 13.0. The van der Waals surface area contributed by atoms with Crippen LogP contribution in [0.3, 0.4) is 0 Å². The average molecular weight is 454 g/mol. The summed E-state index contributed by atoms with van der Waals surface area (Å²) in [5.41, 5.74) is 2.83. The van der Waals surface area contributed by atoms with Gasteiger partial charge >= 0.3 is 0 Å². The molecule has 0 bridgehead atoms. The normalized spacial score (nSPS) is 27.7. The number of likely N-dealkylation sites (tertiary alicyclic amines) is 1. The predicted octanol–water partition coefficient (Wildman–Crippen LogP) is 4.45. The number of aliphatic hydroxyl groups is 1. The number of carbonyl (C=O) groups is 1. The molecule has 0 atom stereocenters. The molecule has 4 fully saturated rings. The van der Waals surface area contributed by atoms with Gasteiger partial charge in [0.25, 0.3) is 5.91 Å². The molecular formula is C28H43N3O2. The molecule has 0 unspecified atom stereocenters. The van der Waals surface area contributed by atoms with Crippen molar-refractivity contribution in [2.24, 2.45) is 16.2 Å². The lowest BCUT2D eigenvalue weighted by Crippen LogP contribution is -2.63. The number of rotatable bonds is 4. The molecule has 2 N–H and O–H groups in total. The molecule has 1 aromatic carbocycles. The van der Waals surface area contributed by atoms with Crippen LogP contribution < -0.4 is 10.2 Å². The summed E-state index contributed by atoms with van der Waals surface area (Å²) in [5, 5.41) is 13.1. The van der Waals surface area contributed by atoms with E-state index < -0.39 is 0 Å². The zero-order valence-electron chi connectivity index (χ0n) is 21.1. The highest BCUT2D eigenvalue weighted by molar-refractivity contribution is 5.95. The number of carbonyl (C=O) groups excluding carboxylic acids is 1. The Labute approximate surface area is 199 Å². The molecule has 1 aromatic rings. The van der Waals surface area contributed by atoms with Crippen LogP contribution in [0, 0.1) is 16.2 Å². The fourth-order valence-corrected chi connectivity index (χ4v) is 7.83. The van der Waals surface area contributed by atoms with E-state index in [-0.39, 0.29) is 28.9 Å². The number of amides is 1. The summed E-state index contributed by atoms with van der Waals surface area (Å²) in [6.45, 7) is 13.4. The number of nitrogens with zero attached hydrogens (tertiary/aromatic N) is 2. The molecular weight excluding hydrogens is 410 g/mol. The van der Waals surface area contributed by atoms with Gasteiger partial charge in [-0.25, -0.2) is 0 Å². The first kappa shape index (κ1) is 23.2. The van der Waals surface area contributed by atoms with Crippen LogP contribution in [-0.4, -0.2) is 60.3 Å². The number of piperidine rings is 1. The topological polar surface area (TPSA) is 55.8 Å². The summed E-state index contributed by atoms with van der Waals surface area (Å²) >= 11 is 0. The van der Waals surface area contributed by atoms with Gasteiger partial charge in [-0.1, -0.05) is 27.7 Å². The minimum atomic E-state index is -0.0780. The van der Waals surface area contributed by atoms with Crippen molar-refractivity contribution in [1.29, 1.82) is 0 Å². The van der Waals surface area contributed by atoms with Crippen LogP contribution in [0.25, 0.3) is 0 Å². The maximum absolute atomic E-state index is 12.9. The second kappa shape index (κ2) is 8.27. The molecule has 4 aliphatic rings. The average Bonchev–Trinajstić information content (AvgIpc) is 2.76. The van der Waals surface area contributed by atoms with E-state index in [1.807, 2.05) is 12.1 Å². The molecule has 5 heteroatoms. The maximum Gasteiger partial charge on any atom is 0.251 e. The Bertz CT molecular complexity index is 840. The smallest absolute Gasteiger partial charge is 0.251 e. The fraction of sp³-hybridized carbons (Fsp3) is 0.750. The summed E-state index contributed by atoms with van der Waals surface area (Å²) in [7, 11) is 0. The zero-order chi connectivity index (χ0) is 23.4. The van der Waals surface area contributed by atoms with Crippen LogP contribution in [0.5, 0.6) is 0 Å². The van der Waals surface area contributed by atoms with E-state index in [1.165, 1.54) is 31.4 Å². The Morgan fingerprint density at radius 1 is 0.939 bits per heavy atom. The van der Waals surface area contributed by atoms with Crippen LogP contribution in [0.4, 0.5) is 5.69 Å². The van der Waals surface area contributed by atoms with Crippen molar-refractivity contribution in [3.8, 4) is 0 Å². The lowest BCUT2D eigenvalue weighted by molar-refractivity contribution is -0.0366. The van der Waals surface area contributed by atoms with Gasteiger partial charge in [-0.3, -0.25) is 4.79 Å². The van der Waals surface area contributed by atoms with E-state index in [9.17, 15) is 9.90 Å². The number of benzene rings is 1. The number of nitrogens with one attached hydrogen (secondary N) is 1. The first-order valence-electron chi connectivity index (χ1n) is 13.2. The first-order chi connectivity index (χ1) is 15.6. The second-order valence-electron chi connectivity index (χ2n) is 13.0. The third-order valence-corrected chi connectivity index (χ3v) is 9.33. The molecule has 182 valence electrons. The van der Waals surface area contributed by atoms with Crippen molar-refractivity contribution in [3.05, 3.63) is 29.8 Å². The lowest BCUT2D eigenvalue weighted by Gasteiger charge is -2.57. The minimum absolute atomic E-state index is 0.0519. The summed E-state index contributed by atoms with van der Waals surface area (Å²) < 4.78 is 0. The quantitative estimate of drug-likeness (QED) is 0.707. The maximum atomic E-state index is 12.9. The number of hydrogen-bond donors (Lipinski definition) is 2. The highest BCUT2D eigenvalue weighted by Gasteiger charge is 2.53. The van der Waals surface area contributed by atoms with Gasteiger partial charge in [0, 0.05) is 54.9 Å². The predicted molar refractivity (Wildman–Crippen MR) is 134 cm³/mol. The van der Waals surface area contributed by atoms with Crippen LogP contribution in [0.1, 0.15) is 83.0 Å². The lowest BCUT2D eigenvalue weighted by atomic mass is 9.52. The van der Waals surface area contributed by atoms with Gasteiger partial charge in [0.2, 0.25) is 0 Å². The zero-order valence-corrected chi connectivity index (χ0v) is 21.1. The Morgan fingerprint density at radius 2 is 1.52 bits per heavy atom. The molecule has 2 aliphatic carbocycles. The first-order valence-corrected chi connectivity index (χ1v) is 13.2. The SMILES string of the molecule is CC1(C)CC(C)(C)C1NC(=O)c1ccc(N2CC3(CCC(N4CCC(O)CC4)CC3)C2)cc1.